The zero-order valence-corrected chi connectivity index (χ0v) is 11.8. The molecule has 4 nitrogen and oxygen atoms in total. The Morgan fingerprint density at radius 2 is 2.24 bits per heavy atom. The maximum absolute atomic E-state index is 5.61. The molecule has 2 aromatic rings. The zero-order valence-electron chi connectivity index (χ0n) is 9.61. The fourth-order valence-electron chi connectivity index (χ4n) is 1.46. The Kier molecular flexibility index (Phi) is 4.49. The highest BCUT2D eigenvalue weighted by molar-refractivity contribution is 14.1. The summed E-state index contributed by atoms with van der Waals surface area (Å²) in [6, 6.07) is 8.03. The van der Waals surface area contributed by atoms with Crippen LogP contribution in [-0.4, -0.2) is 23.3 Å². The van der Waals surface area contributed by atoms with Gasteiger partial charge in [-0.1, -0.05) is 13.0 Å². The average molecular weight is 343 g/mol. The summed E-state index contributed by atoms with van der Waals surface area (Å²) in [5.41, 5.74) is 0.971. The van der Waals surface area contributed by atoms with Gasteiger partial charge in [0.15, 0.2) is 0 Å². The first kappa shape index (κ1) is 12.5. The molecule has 1 aromatic heterocycles. The van der Waals surface area contributed by atoms with Crippen molar-refractivity contribution in [3.8, 4) is 11.5 Å². The number of likely N-dealkylation sites (N-methyl/N-ethyl adjacent to an activating group) is 1. The highest BCUT2D eigenvalue weighted by Gasteiger charge is 2.08. The summed E-state index contributed by atoms with van der Waals surface area (Å²) in [4.78, 5) is 0. The van der Waals surface area contributed by atoms with Crippen molar-refractivity contribution in [1.82, 2.24) is 15.5 Å². The number of halogens is 1. The Balaban J connectivity index is 2.07. The van der Waals surface area contributed by atoms with Crippen molar-refractivity contribution in [3.63, 3.8) is 0 Å². The monoisotopic (exact) mass is 343 g/mol. The van der Waals surface area contributed by atoms with E-state index in [1.807, 2.05) is 24.3 Å². The Bertz CT molecular complexity index is 484. The van der Waals surface area contributed by atoms with E-state index < -0.39 is 0 Å². The van der Waals surface area contributed by atoms with Gasteiger partial charge in [-0.3, -0.25) is 0 Å². The Morgan fingerprint density at radius 1 is 1.35 bits per heavy atom. The van der Waals surface area contributed by atoms with Gasteiger partial charge in [0, 0.05) is 22.1 Å². The molecule has 0 radical (unpaired) electrons. The summed E-state index contributed by atoms with van der Waals surface area (Å²) >= 11 is 2.27. The van der Waals surface area contributed by atoms with Gasteiger partial charge >= 0.3 is 0 Å². The maximum atomic E-state index is 5.61. The molecule has 0 amide bonds. The van der Waals surface area contributed by atoms with Gasteiger partial charge < -0.3 is 9.73 Å². The molecule has 2 rings (SSSR count). The first-order valence-corrected chi connectivity index (χ1v) is 6.66. The number of hydrogen-bond donors (Lipinski definition) is 1. The molecule has 0 bridgehead atoms. The van der Waals surface area contributed by atoms with E-state index in [1.165, 1.54) is 0 Å². The van der Waals surface area contributed by atoms with Gasteiger partial charge in [0.25, 0.3) is 0 Å². The molecule has 1 aromatic carbocycles. The van der Waals surface area contributed by atoms with Crippen molar-refractivity contribution in [1.29, 1.82) is 0 Å². The van der Waals surface area contributed by atoms with E-state index >= 15 is 0 Å². The number of aromatic nitrogens is 2. The predicted octanol–water partition coefficient (Wildman–Crippen LogP) is 2.49. The summed E-state index contributed by atoms with van der Waals surface area (Å²) in [5.74, 6) is 1.27. The van der Waals surface area contributed by atoms with Crippen LogP contribution >= 0.6 is 22.6 Å². The van der Waals surface area contributed by atoms with Crippen LogP contribution in [0.4, 0.5) is 0 Å². The van der Waals surface area contributed by atoms with Crippen LogP contribution in [-0.2, 0) is 6.42 Å². The third kappa shape index (κ3) is 3.50. The smallest absolute Gasteiger partial charge is 0.247 e. The van der Waals surface area contributed by atoms with Crippen molar-refractivity contribution in [2.24, 2.45) is 0 Å². The van der Waals surface area contributed by atoms with Crippen molar-refractivity contribution >= 4 is 22.6 Å². The molecular formula is C12H14IN3O. The number of nitrogens with one attached hydrogen (secondary N) is 1. The lowest BCUT2D eigenvalue weighted by Crippen LogP contribution is -2.16. The van der Waals surface area contributed by atoms with Gasteiger partial charge in [-0.2, -0.15) is 0 Å². The van der Waals surface area contributed by atoms with Crippen molar-refractivity contribution in [2.45, 2.75) is 13.3 Å². The van der Waals surface area contributed by atoms with Crippen LogP contribution < -0.4 is 5.32 Å². The molecule has 0 fully saturated rings. The molecule has 17 heavy (non-hydrogen) atoms. The maximum Gasteiger partial charge on any atom is 0.247 e. The molecule has 0 saturated heterocycles. The molecule has 0 aliphatic heterocycles. The summed E-state index contributed by atoms with van der Waals surface area (Å²) in [6.07, 6.45) is 0.769. The summed E-state index contributed by atoms with van der Waals surface area (Å²) in [6.45, 7) is 3.90. The van der Waals surface area contributed by atoms with Crippen LogP contribution in [0.1, 0.15) is 12.8 Å². The van der Waals surface area contributed by atoms with Crippen molar-refractivity contribution in [2.75, 3.05) is 13.1 Å². The third-order valence-electron chi connectivity index (χ3n) is 2.30. The lowest BCUT2D eigenvalue weighted by molar-refractivity contribution is 0.496. The fourth-order valence-corrected chi connectivity index (χ4v) is 2.01. The normalized spacial score (nSPS) is 10.7. The summed E-state index contributed by atoms with van der Waals surface area (Å²) < 4.78 is 6.77. The molecule has 0 aliphatic rings. The van der Waals surface area contributed by atoms with Crippen molar-refractivity contribution < 1.29 is 4.42 Å². The van der Waals surface area contributed by atoms with Crippen LogP contribution in [0.25, 0.3) is 11.5 Å². The molecule has 0 unspecified atom stereocenters. The van der Waals surface area contributed by atoms with E-state index in [0.717, 1.165) is 28.6 Å². The minimum absolute atomic E-state index is 0.593. The van der Waals surface area contributed by atoms with Gasteiger partial charge in [0.1, 0.15) is 0 Å². The summed E-state index contributed by atoms with van der Waals surface area (Å²) in [5, 5.41) is 11.3. The molecular weight excluding hydrogens is 329 g/mol. The average Bonchev–Trinajstić information content (AvgIpc) is 2.78. The second-order valence-electron chi connectivity index (χ2n) is 3.61. The standard InChI is InChI=1S/C12H14IN3O/c1-2-14-7-6-11-15-16-12(17-11)9-4-3-5-10(13)8-9/h3-5,8,14H,2,6-7H2,1H3. The van der Waals surface area contributed by atoms with E-state index in [4.69, 9.17) is 4.42 Å². The SMILES string of the molecule is CCNCCc1nnc(-c2cccc(I)c2)o1. The highest BCUT2D eigenvalue weighted by Crippen LogP contribution is 2.19. The second-order valence-corrected chi connectivity index (χ2v) is 4.86. The van der Waals surface area contributed by atoms with Crippen LogP contribution in [0.3, 0.4) is 0 Å². The van der Waals surface area contributed by atoms with Crippen LogP contribution in [0.15, 0.2) is 28.7 Å². The minimum atomic E-state index is 0.593. The van der Waals surface area contributed by atoms with Crippen LogP contribution in [0.2, 0.25) is 0 Å². The van der Waals surface area contributed by atoms with E-state index in [-0.39, 0.29) is 0 Å². The van der Waals surface area contributed by atoms with E-state index in [1.54, 1.807) is 0 Å². The molecule has 0 aliphatic carbocycles. The Morgan fingerprint density at radius 3 is 3.00 bits per heavy atom. The van der Waals surface area contributed by atoms with Gasteiger partial charge in [0.05, 0.1) is 0 Å². The van der Waals surface area contributed by atoms with Gasteiger partial charge in [0.2, 0.25) is 11.8 Å². The van der Waals surface area contributed by atoms with Crippen LogP contribution in [0, 0.1) is 3.57 Å². The molecule has 0 saturated carbocycles. The van der Waals surface area contributed by atoms with Gasteiger partial charge in [-0.15, -0.1) is 10.2 Å². The third-order valence-corrected chi connectivity index (χ3v) is 2.98. The van der Waals surface area contributed by atoms with E-state index in [0.29, 0.717) is 11.8 Å². The lowest BCUT2D eigenvalue weighted by Gasteiger charge is -1.97. The minimum Gasteiger partial charge on any atom is -0.421 e. The van der Waals surface area contributed by atoms with Crippen LogP contribution in [0.5, 0.6) is 0 Å². The predicted molar refractivity (Wildman–Crippen MR) is 74.7 cm³/mol. The molecule has 90 valence electrons. The second kappa shape index (κ2) is 6.11. The number of rotatable bonds is 5. The van der Waals surface area contributed by atoms with Gasteiger partial charge in [-0.25, -0.2) is 0 Å². The fraction of sp³-hybridized carbons (Fsp3) is 0.333. The first-order valence-electron chi connectivity index (χ1n) is 5.58. The molecule has 0 atom stereocenters. The van der Waals surface area contributed by atoms with Crippen molar-refractivity contribution in [3.05, 3.63) is 33.7 Å². The van der Waals surface area contributed by atoms with E-state index in [9.17, 15) is 0 Å². The molecule has 5 heteroatoms. The zero-order chi connectivity index (χ0) is 12.1. The topological polar surface area (TPSA) is 51.0 Å². The Hall–Kier alpha value is -0.950. The quantitative estimate of drug-likeness (QED) is 0.670. The molecule has 0 spiro atoms. The Labute approximate surface area is 114 Å². The molecule has 1 heterocycles. The first-order chi connectivity index (χ1) is 8.29. The number of benzene rings is 1. The summed E-state index contributed by atoms with van der Waals surface area (Å²) in [7, 11) is 0. The highest BCUT2D eigenvalue weighted by atomic mass is 127. The largest absolute Gasteiger partial charge is 0.421 e. The number of hydrogen-bond acceptors (Lipinski definition) is 4. The van der Waals surface area contributed by atoms with Gasteiger partial charge in [-0.05, 0) is 47.3 Å². The van der Waals surface area contributed by atoms with E-state index in [2.05, 4.69) is 45.0 Å². The lowest BCUT2D eigenvalue weighted by atomic mass is 10.2. The molecule has 1 N–H and O–H groups in total. The number of nitrogens with zero attached hydrogens (tertiary/aromatic N) is 2.